The molecular weight excluding hydrogens is 344 g/mol. The smallest absolute Gasteiger partial charge is 0.245 e. The molecule has 0 unspecified atom stereocenters. The molecule has 1 aromatic carbocycles. The zero-order valence-corrected chi connectivity index (χ0v) is 14.7. The first-order valence-electron chi connectivity index (χ1n) is 7.27. The van der Waals surface area contributed by atoms with Crippen molar-refractivity contribution >= 4 is 10.0 Å². The van der Waals surface area contributed by atoms with Gasteiger partial charge >= 0.3 is 0 Å². The van der Waals surface area contributed by atoms with Gasteiger partial charge in [-0.05, 0) is 24.3 Å². The Kier molecular flexibility index (Phi) is 6.62. The van der Waals surface area contributed by atoms with Crippen molar-refractivity contribution in [1.82, 2.24) is 9.71 Å². The van der Waals surface area contributed by atoms with Crippen molar-refractivity contribution in [3.8, 4) is 29.1 Å². The molecule has 132 valence electrons. The monoisotopic (exact) mass is 362 g/mol. The van der Waals surface area contributed by atoms with E-state index in [1.165, 1.54) is 26.4 Å². The summed E-state index contributed by atoms with van der Waals surface area (Å²) in [5.41, 5.74) is 0. The minimum absolute atomic E-state index is 0.0113. The summed E-state index contributed by atoms with van der Waals surface area (Å²) in [6.07, 6.45) is 3.21. The molecule has 0 aliphatic carbocycles. The number of rotatable bonds is 7. The van der Waals surface area contributed by atoms with Gasteiger partial charge in [0.15, 0.2) is 0 Å². The van der Waals surface area contributed by atoms with Crippen LogP contribution >= 0.6 is 0 Å². The van der Waals surface area contributed by atoms with Gasteiger partial charge in [-0.2, -0.15) is 4.72 Å². The summed E-state index contributed by atoms with van der Waals surface area (Å²) < 4.78 is 42.6. The maximum absolute atomic E-state index is 12.4. The molecule has 2 aromatic rings. The third-order valence-electron chi connectivity index (χ3n) is 3.08. The second-order valence-corrected chi connectivity index (χ2v) is 6.41. The molecule has 0 atom stereocenters. The topological polar surface area (TPSA) is 86.8 Å². The molecule has 0 amide bonds. The number of nitrogens with zero attached hydrogens (tertiary/aromatic N) is 1. The van der Waals surface area contributed by atoms with E-state index >= 15 is 0 Å². The van der Waals surface area contributed by atoms with Crippen LogP contribution in [0.1, 0.15) is 0 Å². The first kappa shape index (κ1) is 18.6. The maximum atomic E-state index is 12.4. The van der Waals surface area contributed by atoms with Crippen LogP contribution in [0.2, 0.25) is 0 Å². The van der Waals surface area contributed by atoms with Crippen molar-refractivity contribution in [3.05, 3.63) is 42.7 Å². The van der Waals surface area contributed by atoms with Gasteiger partial charge in [0.05, 0.1) is 27.0 Å². The standard InChI is InChI=1S/C17H18N2O5S/c1-22-14-7-8-16(23-2)17(12-14)25(20,21)19-10-3-4-11-24-15-6-5-9-18-13-15/h5-9,12-13,19H,10-11H2,1-2H3. The van der Waals surface area contributed by atoms with E-state index in [9.17, 15) is 8.42 Å². The number of nitrogens with one attached hydrogen (secondary N) is 1. The summed E-state index contributed by atoms with van der Waals surface area (Å²) in [4.78, 5) is 3.90. The Morgan fingerprint density at radius 2 is 1.96 bits per heavy atom. The van der Waals surface area contributed by atoms with Crippen LogP contribution in [0, 0.1) is 11.8 Å². The second-order valence-electron chi connectivity index (χ2n) is 4.67. The third kappa shape index (κ3) is 5.38. The van der Waals surface area contributed by atoms with Gasteiger partial charge in [-0.3, -0.25) is 4.98 Å². The quantitative estimate of drug-likeness (QED) is 0.751. The number of pyridine rings is 1. The first-order chi connectivity index (χ1) is 12.1. The van der Waals surface area contributed by atoms with Crippen molar-refractivity contribution < 1.29 is 22.6 Å². The molecule has 0 saturated heterocycles. The van der Waals surface area contributed by atoms with Gasteiger partial charge in [-0.25, -0.2) is 8.42 Å². The van der Waals surface area contributed by atoms with Gasteiger partial charge in [-0.1, -0.05) is 11.8 Å². The van der Waals surface area contributed by atoms with Crippen molar-refractivity contribution in [2.75, 3.05) is 27.4 Å². The highest BCUT2D eigenvalue weighted by molar-refractivity contribution is 7.89. The lowest BCUT2D eigenvalue weighted by molar-refractivity contribution is 0.368. The van der Waals surface area contributed by atoms with Crippen LogP contribution in [0.15, 0.2) is 47.6 Å². The number of hydrogen-bond acceptors (Lipinski definition) is 6. The van der Waals surface area contributed by atoms with Crippen molar-refractivity contribution in [2.45, 2.75) is 4.90 Å². The van der Waals surface area contributed by atoms with Crippen molar-refractivity contribution in [3.63, 3.8) is 0 Å². The Morgan fingerprint density at radius 3 is 2.64 bits per heavy atom. The van der Waals surface area contributed by atoms with Gasteiger partial charge < -0.3 is 14.2 Å². The molecule has 2 rings (SSSR count). The highest BCUT2D eigenvalue weighted by Gasteiger charge is 2.19. The highest BCUT2D eigenvalue weighted by atomic mass is 32.2. The van der Waals surface area contributed by atoms with E-state index in [1.807, 2.05) is 0 Å². The number of aromatic nitrogens is 1. The molecule has 8 heteroatoms. The normalized spacial score (nSPS) is 10.5. The molecule has 1 heterocycles. The van der Waals surface area contributed by atoms with E-state index in [4.69, 9.17) is 14.2 Å². The van der Waals surface area contributed by atoms with E-state index < -0.39 is 10.0 Å². The van der Waals surface area contributed by atoms with Gasteiger partial charge in [0, 0.05) is 12.3 Å². The summed E-state index contributed by atoms with van der Waals surface area (Å²) in [6.45, 7) is 0.0784. The van der Waals surface area contributed by atoms with E-state index in [0.717, 1.165) is 0 Å². The molecule has 1 aromatic heterocycles. The lowest BCUT2D eigenvalue weighted by Crippen LogP contribution is -2.24. The van der Waals surface area contributed by atoms with E-state index in [-0.39, 0.29) is 23.8 Å². The minimum Gasteiger partial charge on any atom is -0.497 e. The molecule has 1 N–H and O–H groups in total. The largest absolute Gasteiger partial charge is 0.497 e. The second kappa shape index (κ2) is 8.92. The van der Waals surface area contributed by atoms with Gasteiger partial charge in [0.2, 0.25) is 10.0 Å². The zero-order chi connectivity index (χ0) is 18.1. The van der Waals surface area contributed by atoms with Gasteiger partial charge in [0.1, 0.15) is 28.8 Å². The number of sulfonamides is 1. The van der Waals surface area contributed by atoms with Crippen LogP contribution in [-0.4, -0.2) is 40.8 Å². The van der Waals surface area contributed by atoms with Crippen LogP contribution < -0.4 is 18.9 Å². The van der Waals surface area contributed by atoms with Gasteiger partial charge in [0.25, 0.3) is 0 Å². The molecule has 0 spiro atoms. The third-order valence-corrected chi connectivity index (χ3v) is 4.50. The molecule has 7 nitrogen and oxygen atoms in total. The maximum Gasteiger partial charge on any atom is 0.245 e. The SMILES string of the molecule is COc1ccc(OC)c(S(=O)(=O)NCC#CCOc2cccnc2)c1. The van der Waals surface area contributed by atoms with E-state index in [1.54, 1.807) is 30.6 Å². The first-order valence-corrected chi connectivity index (χ1v) is 8.75. The van der Waals surface area contributed by atoms with Crippen LogP contribution in [0.3, 0.4) is 0 Å². The fraction of sp³-hybridized carbons (Fsp3) is 0.235. The highest BCUT2D eigenvalue weighted by Crippen LogP contribution is 2.27. The van der Waals surface area contributed by atoms with Crippen LogP contribution in [0.25, 0.3) is 0 Å². The predicted octanol–water partition coefficient (Wildman–Crippen LogP) is 1.46. The Morgan fingerprint density at radius 1 is 1.12 bits per heavy atom. The summed E-state index contributed by atoms with van der Waals surface area (Å²) in [5.74, 6) is 6.65. The lowest BCUT2D eigenvalue weighted by Gasteiger charge is -2.10. The van der Waals surface area contributed by atoms with E-state index in [0.29, 0.717) is 11.5 Å². The number of benzene rings is 1. The Bertz CT molecular complexity index is 858. The molecule has 0 saturated carbocycles. The summed E-state index contributed by atoms with van der Waals surface area (Å²) in [6, 6.07) is 8.04. The average Bonchev–Trinajstić information content (AvgIpc) is 2.64. The van der Waals surface area contributed by atoms with Crippen LogP contribution in [-0.2, 0) is 10.0 Å². The molecular formula is C17H18N2O5S. The van der Waals surface area contributed by atoms with Gasteiger partial charge in [-0.15, -0.1) is 0 Å². The van der Waals surface area contributed by atoms with Crippen molar-refractivity contribution in [1.29, 1.82) is 0 Å². The fourth-order valence-electron chi connectivity index (χ4n) is 1.87. The summed E-state index contributed by atoms with van der Waals surface area (Å²) in [7, 11) is -0.926. The molecule has 0 fully saturated rings. The fourth-order valence-corrected chi connectivity index (χ4v) is 2.97. The van der Waals surface area contributed by atoms with Crippen molar-refractivity contribution in [2.24, 2.45) is 0 Å². The predicted molar refractivity (Wildman–Crippen MR) is 92.2 cm³/mol. The zero-order valence-electron chi connectivity index (χ0n) is 13.9. The molecule has 25 heavy (non-hydrogen) atoms. The van der Waals surface area contributed by atoms with E-state index in [2.05, 4.69) is 21.5 Å². The Balaban J connectivity index is 1.95. The average molecular weight is 362 g/mol. The summed E-state index contributed by atoms with van der Waals surface area (Å²) >= 11 is 0. The Hall–Kier alpha value is -2.76. The molecule has 0 aliphatic heterocycles. The Labute approximate surface area is 147 Å². The van der Waals surface area contributed by atoms with Crippen LogP contribution in [0.4, 0.5) is 0 Å². The molecule has 0 aliphatic rings. The van der Waals surface area contributed by atoms with Crippen LogP contribution in [0.5, 0.6) is 17.2 Å². The lowest BCUT2D eigenvalue weighted by atomic mass is 10.3. The number of ether oxygens (including phenoxy) is 3. The molecule has 0 radical (unpaired) electrons. The number of methoxy groups -OCH3 is 2. The number of hydrogen-bond donors (Lipinski definition) is 1. The minimum atomic E-state index is -3.78. The summed E-state index contributed by atoms with van der Waals surface area (Å²) in [5, 5.41) is 0. The molecule has 0 bridgehead atoms.